The quantitative estimate of drug-likeness (QED) is 0.787. The molecule has 1 unspecified atom stereocenters. The molecule has 4 rings (SSSR count). The molecule has 5 heteroatoms. The van der Waals surface area contributed by atoms with Crippen LogP contribution in [0.4, 0.5) is 0 Å². The van der Waals surface area contributed by atoms with Gasteiger partial charge in [0.15, 0.2) is 11.5 Å². The topological polar surface area (TPSA) is 48.0 Å². The predicted molar refractivity (Wildman–Crippen MR) is 107 cm³/mol. The van der Waals surface area contributed by atoms with Gasteiger partial charge in [-0.1, -0.05) is 12.1 Å². The Morgan fingerprint density at radius 2 is 1.96 bits per heavy atom. The highest BCUT2D eigenvalue weighted by Crippen LogP contribution is 2.33. The third kappa shape index (κ3) is 3.79. The molecule has 0 radical (unpaired) electrons. The van der Waals surface area contributed by atoms with Gasteiger partial charge in [0, 0.05) is 13.0 Å². The van der Waals surface area contributed by atoms with Crippen molar-refractivity contribution < 1.29 is 19.0 Å². The first-order chi connectivity index (χ1) is 13.7. The Bertz CT molecular complexity index is 864. The smallest absolute Gasteiger partial charge is 0.223 e. The SMILES string of the molecule is COc1ccc2c(c1)CCN(C(=O)CCCc1ccc3c(c1)OCCO3)C2C. The maximum absolute atomic E-state index is 12.8. The third-order valence-corrected chi connectivity index (χ3v) is 5.67. The molecule has 148 valence electrons. The number of hydrogen-bond donors (Lipinski definition) is 0. The molecule has 0 aliphatic carbocycles. The van der Waals surface area contributed by atoms with E-state index in [1.165, 1.54) is 16.7 Å². The Kier molecular flexibility index (Phi) is 5.42. The number of benzene rings is 2. The van der Waals surface area contributed by atoms with Crippen molar-refractivity contribution in [3.8, 4) is 17.2 Å². The summed E-state index contributed by atoms with van der Waals surface area (Å²) in [6.45, 7) is 4.08. The fraction of sp³-hybridized carbons (Fsp3) is 0.435. The maximum atomic E-state index is 12.8. The second-order valence-electron chi connectivity index (χ2n) is 7.41. The number of nitrogens with zero attached hydrogens (tertiary/aromatic N) is 1. The Morgan fingerprint density at radius 1 is 1.14 bits per heavy atom. The number of ether oxygens (including phenoxy) is 3. The van der Waals surface area contributed by atoms with Crippen molar-refractivity contribution in [2.75, 3.05) is 26.9 Å². The van der Waals surface area contributed by atoms with Gasteiger partial charge in [0.1, 0.15) is 19.0 Å². The minimum atomic E-state index is 0.108. The van der Waals surface area contributed by atoms with E-state index >= 15 is 0 Å². The minimum absolute atomic E-state index is 0.108. The van der Waals surface area contributed by atoms with Crippen LogP contribution >= 0.6 is 0 Å². The van der Waals surface area contributed by atoms with E-state index in [-0.39, 0.29) is 11.9 Å². The molecular weight excluding hydrogens is 354 g/mol. The number of carbonyl (C=O) groups excluding carboxylic acids is 1. The van der Waals surface area contributed by atoms with Crippen LogP contribution in [-0.4, -0.2) is 37.7 Å². The molecule has 0 spiro atoms. The summed E-state index contributed by atoms with van der Waals surface area (Å²) < 4.78 is 16.5. The highest BCUT2D eigenvalue weighted by Gasteiger charge is 2.27. The van der Waals surface area contributed by atoms with Crippen LogP contribution < -0.4 is 14.2 Å². The summed E-state index contributed by atoms with van der Waals surface area (Å²) in [5.41, 5.74) is 3.69. The van der Waals surface area contributed by atoms with E-state index in [1.54, 1.807) is 7.11 Å². The molecule has 2 aromatic carbocycles. The normalized spacial score (nSPS) is 17.8. The van der Waals surface area contributed by atoms with Crippen molar-refractivity contribution in [3.05, 3.63) is 53.1 Å². The molecule has 0 saturated carbocycles. The van der Waals surface area contributed by atoms with Crippen molar-refractivity contribution in [1.82, 2.24) is 4.90 Å². The van der Waals surface area contributed by atoms with Gasteiger partial charge in [-0.25, -0.2) is 0 Å². The highest BCUT2D eigenvalue weighted by atomic mass is 16.6. The first kappa shape index (κ1) is 18.7. The largest absolute Gasteiger partial charge is 0.497 e. The lowest BCUT2D eigenvalue weighted by atomic mass is 9.93. The van der Waals surface area contributed by atoms with Gasteiger partial charge in [-0.2, -0.15) is 0 Å². The van der Waals surface area contributed by atoms with Crippen LogP contribution in [0.3, 0.4) is 0 Å². The summed E-state index contributed by atoms with van der Waals surface area (Å²) in [5.74, 6) is 2.73. The van der Waals surface area contributed by atoms with Crippen LogP contribution in [0.15, 0.2) is 36.4 Å². The summed E-state index contributed by atoms with van der Waals surface area (Å²) in [7, 11) is 1.69. The molecule has 0 bridgehead atoms. The Labute approximate surface area is 166 Å². The van der Waals surface area contributed by atoms with Crippen LogP contribution in [0.25, 0.3) is 0 Å². The molecule has 5 nitrogen and oxygen atoms in total. The number of methoxy groups -OCH3 is 1. The van der Waals surface area contributed by atoms with Gasteiger partial charge in [0.2, 0.25) is 5.91 Å². The third-order valence-electron chi connectivity index (χ3n) is 5.67. The first-order valence-electron chi connectivity index (χ1n) is 10.0. The van der Waals surface area contributed by atoms with Gasteiger partial charge in [0.05, 0.1) is 13.2 Å². The summed E-state index contributed by atoms with van der Waals surface area (Å²) in [6.07, 6.45) is 3.13. The number of rotatable bonds is 5. The molecule has 0 aromatic heterocycles. The van der Waals surface area contributed by atoms with Crippen LogP contribution in [0.1, 0.15) is 42.5 Å². The highest BCUT2D eigenvalue weighted by molar-refractivity contribution is 5.77. The lowest BCUT2D eigenvalue weighted by Crippen LogP contribution is -2.38. The van der Waals surface area contributed by atoms with Gasteiger partial charge in [-0.05, 0) is 67.1 Å². The number of carbonyl (C=O) groups is 1. The molecule has 0 N–H and O–H groups in total. The fourth-order valence-electron chi connectivity index (χ4n) is 4.11. The molecule has 2 aliphatic rings. The summed E-state index contributed by atoms with van der Waals surface area (Å²) in [4.78, 5) is 14.8. The molecule has 2 heterocycles. The zero-order valence-electron chi connectivity index (χ0n) is 16.6. The molecular formula is C23H27NO4. The Hall–Kier alpha value is -2.69. The summed E-state index contributed by atoms with van der Waals surface area (Å²) in [6, 6.07) is 12.3. The van der Waals surface area contributed by atoms with E-state index in [4.69, 9.17) is 14.2 Å². The zero-order chi connectivity index (χ0) is 19.5. The number of aryl methyl sites for hydroxylation is 1. The van der Waals surface area contributed by atoms with Crippen molar-refractivity contribution in [1.29, 1.82) is 0 Å². The van der Waals surface area contributed by atoms with Gasteiger partial charge < -0.3 is 19.1 Å². The Morgan fingerprint density at radius 3 is 2.79 bits per heavy atom. The molecule has 0 fully saturated rings. The number of amides is 1. The first-order valence-corrected chi connectivity index (χ1v) is 10.0. The molecule has 2 aromatic rings. The monoisotopic (exact) mass is 381 g/mol. The van der Waals surface area contributed by atoms with Crippen LogP contribution in [-0.2, 0) is 17.6 Å². The second kappa shape index (κ2) is 8.13. The van der Waals surface area contributed by atoms with Gasteiger partial charge >= 0.3 is 0 Å². The minimum Gasteiger partial charge on any atom is -0.497 e. The van der Waals surface area contributed by atoms with Crippen molar-refractivity contribution >= 4 is 5.91 Å². The van der Waals surface area contributed by atoms with E-state index in [9.17, 15) is 4.79 Å². The van der Waals surface area contributed by atoms with E-state index < -0.39 is 0 Å². The van der Waals surface area contributed by atoms with Crippen molar-refractivity contribution in [3.63, 3.8) is 0 Å². The average molecular weight is 381 g/mol. The summed E-state index contributed by atoms with van der Waals surface area (Å²) in [5, 5.41) is 0. The lowest BCUT2D eigenvalue weighted by molar-refractivity contribution is -0.133. The fourth-order valence-corrected chi connectivity index (χ4v) is 4.11. The van der Waals surface area contributed by atoms with Crippen molar-refractivity contribution in [2.24, 2.45) is 0 Å². The molecule has 1 atom stereocenters. The van der Waals surface area contributed by atoms with Crippen molar-refractivity contribution in [2.45, 2.75) is 38.6 Å². The van der Waals surface area contributed by atoms with E-state index in [1.807, 2.05) is 23.1 Å². The standard InChI is InChI=1S/C23H27NO4/c1-16-20-8-7-19(26-2)15-18(20)10-11-24(16)23(25)5-3-4-17-6-9-21-22(14-17)28-13-12-27-21/h6-9,14-16H,3-5,10-13H2,1-2H3. The zero-order valence-corrected chi connectivity index (χ0v) is 16.6. The van der Waals surface area contributed by atoms with Crippen LogP contribution in [0.5, 0.6) is 17.2 Å². The molecule has 28 heavy (non-hydrogen) atoms. The summed E-state index contributed by atoms with van der Waals surface area (Å²) >= 11 is 0. The average Bonchev–Trinajstić information content (AvgIpc) is 2.73. The van der Waals surface area contributed by atoms with Crippen LogP contribution in [0, 0.1) is 0 Å². The van der Waals surface area contributed by atoms with E-state index in [0.29, 0.717) is 19.6 Å². The van der Waals surface area contributed by atoms with Crippen LogP contribution in [0.2, 0.25) is 0 Å². The Balaban J connectivity index is 1.34. The second-order valence-corrected chi connectivity index (χ2v) is 7.41. The number of hydrogen-bond acceptors (Lipinski definition) is 4. The predicted octanol–water partition coefficient (Wildman–Crippen LogP) is 3.94. The number of fused-ring (bicyclic) bond motifs is 2. The van der Waals surface area contributed by atoms with Gasteiger partial charge in [-0.3, -0.25) is 4.79 Å². The van der Waals surface area contributed by atoms with Gasteiger partial charge in [0.25, 0.3) is 0 Å². The molecule has 1 amide bonds. The molecule has 2 aliphatic heterocycles. The maximum Gasteiger partial charge on any atom is 0.223 e. The van der Waals surface area contributed by atoms with E-state index in [2.05, 4.69) is 25.1 Å². The van der Waals surface area contributed by atoms with E-state index in [0.717, 1.165) is 43.1 Å². The molecule has 0 saturated heterocycles. The lowest BCUT2D eigenvalue weighted by Gasteiger charge is -2.35. The van der Waals surface area contributed by atoms with Gasteiger partial charge in [-0.15, -0.1) is 0 Å².